The van der Waals surface area contributed by atoms with Gasteiger partial charge in [-0.15, -0.1) is 0 Å². The van der Waals surface area contributed by atoms with Crippen LogP contribution >= 0.6 is 22.6 Å². The summed E-state index contributed by atoms with van der Waals surface area (Å²) in [6, 6.07) is 10.2. The summed E-state index contributed by atoms with van der Waals surface area (Å²) >= 11 is 1.99. The Hall–Kier alpha value is -0.840. The Bertz CT molecular complexity index is 320. The maximum atomic E-state index is 10.9. The number of ether oxygens (including phenoxy) is 1. The van der Waals surface area contributed by atoms with Crippen LogP contribution in [0.25, 0.3) is 0 Å². The Morgan fingerprint density at radius 1 is 1.33 bits per heavy atom. The molecule has 1 aromatic carbocycles. The van der Waals surface area contributed by atoms with E-state index in [9.17, 15) is 4.79 Å². The van der Waals surface area contributed by atoms with Crippen LogP contribution in [0.1, 0.15) is 12.0 Å². The molecule has 0 spiro atoms. The van der Waals surface area contributed by atoms with Gasteiger partial charge in [0, 0.05) is 6.08 Å². The predicted octanol–water partition coefficient (Wildman–Crippen LogP) is 3.11. The molecule has 0 saturated heterocycles. The van der Waals surface area contributed by atoms with Crippen molar-refractivity contribution < 1.29 is 9.53 Å². The van der Waals surface area contributed by atoms with Crippen molar-refractivity contribution in [3.8, 4) is 0 Å². The first-order chi connectivity index (χ1) is 7.33. The Morgan fingerprint density at radius 2 is 2.07 bits per heavy atom. The van der Waals surface area contributed by atoms with E-state index in [2.05, 4.69) is 12.1 Å². The Kier molecular flexibility index (Phi) is 6.08. The molecule has 1 rings (SSSR count). The minimum absolute atomic E-state index is 0.266. The zero-order valence-corrected chi connectivity index (χ0v) is 10.5. The van der Waals surface area contributed by atoms with Crippen molar-refractivity contribution >= 4 is 28.6 Å². The number of carbonyl (C=O) groups excluding carboxylic acids is 1. The van der Waals surface area contributed by atoms with E-state index in [0.29, 0.717) is 6.61 Å². The summed E-state index contributed by atoms with van der Waals surface area (Å²) in [6.07, 6.45) is 3.23. The fourth-order valence-corrected chi connectivity index (χ4v) is 1.49. The summed E-state index contributed by atoms with van der Waals surface area (Å²) in [5.74, 6) is -0.266. The van der Waals surface area contributed by atoms with Gasteiger partial charge in [-0.25, -0.2) is 4.79 Å². The van der Waals surface area contributed by atoms with E-state index in [0.717, 1.165) is 12.8 Å². The van der Waals surface area contributed by atoms with Crippen molar-refractivity contribution in [2.24, 2.45) is 0 Å². The molecule has 0 amide bonds. The lowest BCUT2D eigenvalue weighted by Crippen LogP contribution is -2.02. The lowest BCUT2D eigenvalue weighted by atomic mass is 10.1. The lowest BCUT2D eigenvalue weighted by Gasteiger charge is -2.02. The number of rotatable bonds is 5. The van der Waals surface area contributed by atoms with Gasteiger partial charge in [-0.1, -0.05) is 52.9 Å². The van der Waals surface area contributed by atoms with E-state index in [1.807, 2.05) is 40.8 Å². The molecule has 0 aromatic heterocycles. The Balaban J connectivity index is 2.15. The minimum Gasteiger partial charge on any atom is -0.463 e. The highest BCUT2D eigenvalue weighted by atomic mass is 127. The average molecular weight is 316 g/mol. The van der Waals surface area contributed by atoms with Gasteiger partial charge in [0.15, 0.2) is 0 Å². The van der Waals surface area contributed by atoms with Crippen LogP contribution in [0.2, 0.25) is 0 Å². The molecule has 0 atom stereocenters. The molecular formula is C12H13IO2. The summed E-state index contributed by atoms with van der Waals surface area (Å²) in [7, 11) is 0. The molecule has 0 bridgehead atoms. The Morgan fingerprint density at radius 3 is 2.73 bits per heavy atom. The molecule has 15 heavy (non-hydrogen) atoms. The number of hydrogen-bond acceptors (Lipinski definition) is 2. The molecule has 3 heteroatoms. The number of carbonyl (C=O) groups is 1. The summed E-state index contributed by atoms with van der Waals surface area (Å²) in [5, 5.41) is 0. The second-order valence-corrected chi connectivity index (χ2v) is 3.77. The molecule has 0 unspecified atom stereocenters. The molecule has 80 valence electrons. The molecule has 0 fully saturated rings. The van der Waals surface area contributed by atoms with Gasteiger partial charge < -0.3 is 4.74 Å². The van der Waals surface area contributed by atoms with Gasteiger partial charge in [-0.05, 0) is 22.5 Å². The summed E-state index contributed by atoms with van der Waals surface area (Å²) in [6.45, 7) is 0.481. The largest absolute Gasteiger partial charge is 0.463 e. The van der Waals surface area contributed by atoms with Crippen LogP contribution in [0, 0.1) is 0 Å². The van der Waals surface area contributed by atoms with E-state index in [4.69, 9.17) is 4.74 Å². The standard InChI is InChI=1S/C12H13IO2/c13-9-8-12(14)15-10-4-7-11-5-2-1-3-6-11/h1-3,5-6,8-9H,4,7,10H2/b9-8-. The molecule has 0 radical (unpaired) electrons. The highest BCUT2D eigenvalue weighted by molar-refractivity contribution is 14.1. The van der Waals surface area contributed by atoms with E-state index < -0.39 is 0 Å². The van der Waals surface area contributed by atoms with Crippen LogP contribution in [0.5, 0.6) is 0 Å². The van der Waals surface area contributed by atoms with Crippen LogP contribution in [0.15, 0.2) is 40.5 Å². The monoisotopic (exact) mass is 316 g/mol. The van der Waals surface area contributed by atoms with Gasteiger partial charge in [-0.2, -0.15) is 0 Å². The number of hydrogen-bond donors (Lipinski definition) is 0. The highest BCUT2D eigenvalue weighted by Crippen LogP contribution is 2.02. The molecule has 0 N–H and O–H groups in total. The maximum absolute atomic E-state index is 10.9. The fraction of sp³-hybridized carbons (Fsp3) is 0.250. The van der Waals surface area contributed by atoms with Crippen molar-refractivity contribution in [2.45, 2.75) is 12.8 Å². The zero-order chi connectivity index (χ0) is 10.9. The molecule has 0 aliphatic rings. The van der Waals surface area contributed by atoms with E-state index in [1.165, 1.54) is 11.6 Å². The van der Waals surface area contributed by atoms with Crippen LogP contribution in [-0.4, -0.2) is 12.6 Å². The summed E-state index contributed by atoms with van der Waals surface area (Å²) in [5.41, 5.74) is 1.28. The van der Waals surface area contributed by atoms with Crippen molar-refractivity contribution in [3.05, 3.63) is 46.1 Å². The van der Waals surface area contributed by atoms with Crippen molar-refractivity contribution in [1.82, 2.24) is 0 Å². The average Bonchev–Trinajstić information content (AvgIpc) is 2.26. The molecular weight excluding hydrogens is 303 g/mol. The van der Waals surface area contributed by atoms with Crippen LogP contribution in [0.4, 0.5) is 0 Å². The predicted molar refractivity (Wildman–Crippen MR) is 68.9 cm³/mol. The quantitative estimate of drug-likeness (QED) is 0.361. The number of benzene rings is 1. The summed E-state index contributed by atoms with van der Waals surface area (Å²) in [4.78, 5) is 10.9. The zero-order valence-electron chi connectivity index (χ0n) is 8.36. The summed E-state index contributed by atoms with van der Waals surface area (Å²) < 4.78 is 6.62. The van der Waals surface area contributed by atoms with Gasteiger partial charge in [0.05, 0.1) is 6.61 Å². The first kappa shape index (κ1) is 12.2. The van der Waals surface area contributed by atoms with E-state index in [-0.39, 0.29) is 5.97 Å². The smallest absolute Gasteiger partial charge is 0.331 e. The van der Waals surface area contributed by atoms with Crippen molar-refractivity contribution in [1.29, 1.82) is 0 Å². The molecule has 1 aromatic rings. The third-order valence-electron chi connectivity index (χ3n) is 1.90. The normalized spacial score (nSPS) is 10.5. The first-order valence-corrected chi connectivity index (χ1v) is 6.05. The van der Waals surface area contributed by atoms with Gasteiger partial charge in [0.25, 0.3) is 0 Å². The van der Waals surface area contributed by atoms with Gasteiger partial charge in [0.1, 0.15) is 0 Å². The van der Waals surface area contributed by atoms with Crippen LogP contribution in [0.3, 0.4) is 0 Å². The van der Waals surface area contributed by atoms with Gasteiger partial charge >= 0.3 is 5.97 Å². The van der Waals surface area contributed by atoms with Gasteiger partial charge in [-0.3, -0.25) is 0 Å². The molecule has 0 aliphatic carbocycles. The number of aryl methyl sites for hydroxylation is 1. The minimum atomic E-state index is -0.266. The topological polar surface area (TPSA) is 26.3 Å². The molecule has 0 aliphatic heterocycles. The fourth-order valence-electron chi connectivity index (χ4n) is 1.19. The second kappa shape index (κ2) is 7.45. The first-order valence-electron chi connectivity index (χ1n) is 4.80. The van der Waals surface area contributed by atoms with Crippen LogP contribution < -0.4 is 0 Å². The molecule has 0 saturated carbocycles. The van der Waals surface area contributed by atoms with E-state index in [1.54, 1.807) is 4.08 Å². The van der Waals surface area contributed by atoms with Gasteiger partial charge in [0.2, 0.25) is 0 Å². The number of halogens is 1. The third-order valence-corrected chi connectivity index (χ3v) is 2.26. The Labute approximate surface area is 103 Å². The van der Waals surface area contributed by atoms with Crippen molar-refractivity contribution in [3.63, 3.8) is 0 Å². The third kappa shape index (κ3) is 5.57. The molecule has 0 heterocycles. The van der Waals surface area contributed by atoms with Crippen LogP contribution in [-0.2, 0) is 16.0 Å². The number of esters is 1. The highest BCUT2D eigenvalue weighted by Gasteiger charge is 1.96. The SMILES string of the molecule is O=C(/C=C\I)OCCCc1ccccc1. The second-order valence-electron chi connectivity index (χ2n) is 3.05. The maximum Gasteiger partial charge on any atom is 0.331 e. The van der Waals surface area contributed by atoms with E-state index >= 15 is 0 Å². The lowest BCUT2D eigenvalue weighted by molar-refractivity contribution is -0.137. The molecule has 2 nitrogen and oxygen atoms in total. The van der Waals surface area contributed by atoms with Crippen molar-refractivity contribution in [2.75, 3.05) is 6.61 Å².